The summed E-state index contributed by atoms with van der Waals surface area (Å²) in [5.41, 5.74) is 1.02. The first-order valence-electron chi connectivity index (χ1n) is 30.0. The topological polar surface area (TPSA) is 429 Å². The summed E-state index contributed by atoms with van der Waals surface area (Å²) >= 11 is 1.20. The van der Waals surface area contributed by atoms with Crippen molar-refractivity contribution in [3.63, 3.8) is 0 Å². The van der Waals surface area contributed by atoms with Gasteiger partial charge in [-0.25, -0.2) is 0 Å². The first-order chi connectivity index (χ1) is 45.8. The largest absolute Gasteiger partial charge is 0.463 e. The van der Waals surface area contributed by atoms with E-state index in [1.54, 1.807) is 12.1 Å². The van der Waals surface area contributed by atoms with Gasteiger partial charge in [-0.05, 0) is 35.4 Å². The molecule has 0 radical (unpaired) electrons. The second-order valence-corrected chi connectivity index (χ2v) is 22.7. The molecule has 2 N–H and O–H groups in total. The van der Waals surface area contributed by atoms with Crippen LogP contribution in [0.2, 0.25) is 0 Å². The fourth-order valence-corrected chi connectivity index (χ4v) is 10.9. The van der Waals surface area contributed by atoms with E-state index < -0.39 is 208 Å². The molecule has 3 heterocycles. The number of carbonyl (C=O) groups excluding carboxylic acids is 14. The fraction of sp³-hybridized carbons (Fsp3) is 0.581. The van der Waals surface area contributed by atoms with Crippen LogP contribution < -0.4 is 20.1 Å². The number of hydrogen-bond donors (Lipinski definition) is 2. The summed E-state index contributed by atoms with van der Waals surface area (Å²) in [7, 11) is 0. The van der Waals surface area contributed by atoms with E-state index in [4.69, 9.17) is 85.3 Å². The SMILES string of the molecule is CC(=O)OC[C@H]1O[C@H](OCCNC(=O)[C@H](CSCc2ccc(O[C@H]3O[C@H](COC(C)=O)[C@@H](OC(C)=O)[C@H](OC(C)=O)[C@@H]3OC(C)=O)cc2)NC(=O)Cc2ccc(O[C@H]3O[C@H](COC(C)=O)[C@@H](OC(C)=O)[C@H](OC(C)=O)[C@@H]3OC(C)=O)cc2)[C@@H](OC(C)=O)[C@@H](OC(C)=O)[C@@H]1OC(C)=O. The Balaban J connectivity index is 1.37. The molecule has 2 amide bonds. The highest BCUT2D eigenvalue weighted by atomic mass is 32.2. The minimum absolute atomic E-state index is 0.0602. The molecule has 3 saturated heterocycles. The third-order valence-electron chi connectivity index (χ3n) is 13.4. The van der Waals surface area contributed by atoms with Gasteiger partial charge in [0.25, 0.3) is 0 Å². The molecule has 3 aliphatic rings. The van der Waals surface area contributed by atoms with Gasteiger partial charge in [-0.3, -0.25) is 67.1 Å². The lowest BCUT2D eigenvalue weighted by Gasteiger charge is -2.44. The van der Waals surface area contributed by atoms with Crippen LogP contribution in [0.5, 0.6) is 11.5 Å². The highest BCUT2D eigenvalue weighted by Crippen LogP contribution is 2.35. The maximum atomic E-state index is 14.2. The van der Waals surface area contributed by atoms with Crippen molar-refractivity contribution in [2.75, 3.05) is 38.7 Å². The summed E-state index contributed by atoms with van der Waals surface area (Å²) in [5.74, 6) is -11.0. The Hall–Kier alpha value is -9.19. The Morgan fingerprint density at radius 3 is 1.04 bits per heavy atom. The summed E-state index contributed by atoms with van der Waals surface area (Å²) in [6.45, 7) is 10.7. The molecule has 16 atom stereocenters. The Morgan fingerprint density at radius 2 is 0.701 bits per heavy atom. The summed E-state index contributed by atoms with van der Waals surface area (Å²) in [6.07, 6.45) is -22.5. The number of hydrogen-bond acceptors (Lipinski definition) is 33. The molecular formula is C62H78N2O32S. The summed E-state index contributed by atoms with van der Waals surface area (Å²) < 4.78 is 101. The van der Waals surface area contributed by atoms with Gasteiger partial charge in [0, 0.05) is 101 Å². The molecule has 0 aromatic heterocycles. The van der Waals surface area contributed by atoms with Crippen molar-refractivity contribution in [3.05, 3.63) is 59.7 Å². The van der Waals surface area contributed by atoms with E-state index >= 15 is 0 Å². The van der Waals surface area contributed by atoms with Gasteiger partial charge in [0.15, 0.2) is 49.0 Å². The zero-order chi connectivity index (χ0) is 71.8. The van der Waals surface area contributed by atoms with Gasteiger partial charge in [0.2, 0.25) is 36.6 Å². The van der Waals surface area contributed by atoms with Crippen LogP contribution in [0.25, 0.3) is 0 Å². The normalized spacial score (nSPS) is 25.2. The number of nitrogens with one attached hydrogen (secondary N) is 2. The number of esters is 12. The van der Waals surface area contributed by atoms with E-state index in [2.05, 4.69) is 10.6 Å². The molecule has 3 aliphatic heterocycles. The van der Waals surface area contributed by atoms with Crippen molar-refractivity contribution in [1.29, 1.82) is 0 Å². The fourth-order valence-electron chi connectivity index (χ4n) is 9.89. The molecule has 35 heteroatoms. The highest BCUT2D eigenvalue weighted by molar-refractivity contribution is 7.98. The quantitative estimate of drug-likeness (QED) is 0.0598. The number of rotatable bonds is 31. The number of carbonyl (C=O) groups is 14. The van der Waals surface area contributed by atoms with Gasteiger partial charge in [0.05, 0.1) is 13.0 Å². The second-order valence-electron chi connectivity index (χ2n) is 21.7. The van der Waals surface area contributed by atoms with Crippen molar-refractivity contribution >= 4 is 95.2 Å². The smallest absolute Gasteiger partial charge is 0.303 e. The molecule has 534 valence electrons. The number of ether oxygens (including phenoxy) is 18. The van der Waals surface area contributed by atoms with Gasteiger partial charge in [-0.15, -0.1) is 0 Å². The van der Waals surface area contributed by atoms with Gasteiger partial charge in [-0.1, -0.05) is 24.3 Å². The average molecular weight is 1400 g/mol. The van der Waals surface area contributed by atoms with Gasteiger partial charge in [-0.2, -0.15) is 11.8 Å². The van der Waals surface area contributed by atoms with Crippen molar-refractivity contribution in [2.45, 2.75) is 193 Å². The summed E-state index contributed by atoms with van der Waals surface area (Å²) in [4.78, 5) is 175. The maximum absolute atomic E-state index is 14.2. The van der Waals surface area contributed by atoms with E-state index in [-0.39, 0.29) is 36.0 Å². The molecule has 0 spiro atoms. The predicted octanol–water partition coefficient (Wildman–Crippen LogP) is 0.787. The van der Waals surface area contributed by atoms with Gasteiger partial charge in [0.1, 0.15) is 55.7 Å². The lowest BCUT2D eigenvalue weighted by molar-refractivity contribution is -0.307. The molecular weight excluding hydrogens is 1320 g/mol. The molecule has 2 aromatic rings. The minimum atomic E-state index is -1.59. The minimum Gasteiger partial charge on any atom is -0.463 e. The molecule has 0 saturated carbocycles. The predicted molar refractivity (Wildman–Crippen MR) is 321 cm³/mol. The van der Waals surface area contributed by atoms with Crippen molar-refractivity contribution in [3.8, 4) is 11.5 Å². The Kier molecular flexibility index (Phi) is 30.7. The van der Waals surface area contributed by atoms with E-state index in [9.17, 15) is 67.1 Å². The Morgan fingerprint density at radius 1 is 0.392 bits per heavy atom. The lowest BCUT2D eigenvalue weighted by atomic mass is 9.98. The monoisotopic (exact) mass is 1390 g/mol. The van der Waals surface area contributed by atoms with Crippen LogP contribution >= 0.6 is 11.8 Å². The highest BCUT2D eigenvalue weighted by Gasteiger charge is 2.56. The van der Waals surface area contributed by atoms with Crippen LogP contribution in [0.3, 0.4) is 0 Å². The maximum Gasteiger partial charge on any atom is 0.303 e. The number of amides is 2. The standard InChI is InChI=1S/C62H78N2O32S/c1-29(65)80-24-46-50(83-32(4)68)53(86-35(7)71)56(89-38(10)74)60(94-46)79-22-21-63-59(78)45(28-97-27-42-15-19-44(20-16-42)93-62-58(91-40(12)76)55(88-37(9)73)52(85-34(6)70)48(96-62)26-82-31(3)67)64-49(77)23-41-13-17-43(18-14-41)92-61-57(90-39(11)75)54(87-36(8)72)51(84-33(5)69)47(95-61)25-81-30(2)66/h13-20,45-48,50-58,60-62H,21-28H2,1-12H3,(H,63,78)(H,64,77)/t45-,46+,47+,48+,50+,51+,52+,53-,54-,55-,56-,57-,58-,60-,61-,62-/m0/s1. The third-order valence-corrected chi connectivity index (χ3v) is 14.6. The molecule has 5 rings (SSSR count). The van der Waals surface area contributed by atoms with Crippen LogP contribution in [0.1, 0.15) is 94.2 Å². The molecule has 0 unspecified atom stereocenters. The molecule has 0 aliphatic carbocycles. The zero-order valence-corrected chi connectivity index (χ0v) is 55.8. The van der Waals surface area contributed by atoms with Gasteiger partial charge >= 0.3 is 71.6 Å². The lowest BCUT2D eigenvalue weighted by Crippen LogP contribution is -2.63. The van der Waals surface area contributed by atoms with E-state index in [0.717, 1.165) is 83.1 Å². The first kappa shape index (κ1) is 78.5. The van der Waals surface area contributed by atoms with E-state index in [1.165, 1.54) is 48.2 Å². The molecule has 0 bridgehead atoms. The summed E-state index contributed by atoms with van der Waals surface area (Å²) in [6, 6.07) is 10.8. The molecule has 3 fully saturated rings. The zero-order valence-electron chi connectivity index (χ0n) is 55.0. The number of thioether (sulfide) groups is 1. The van der Waals surface area contributed by atoms with E-state index in [0.29, 0.717) is 11.1 Å². The summed E-state index contributed by atoms with van der Waals surface area (Å²) in [5, 5.41) is 5.41. The van der Waals surface area contributed by atoms with Crippen LogP contribution in [0.4, 0.5) is 0 Å². The third kappa shape index (κ3) is 26.1. The Bertz CT molecular complexity index is 3130. The average Bonchev–Trinajstić information content (AvgIpc) is 0.802. The van der Waals surface area contributed by atoms with E-state index in [1.807, 2.05) is 0 Å². The first-order valence-corrected chi connectivity index (χ1v) is 31.1. The van der Waals surface area contributed by atoms with Crippen molar-refractivity contribution < 1.29 is 152 Å². The molecule has 34 nitrogen and oxygen atoms in total. The van der Waals surface area contributed by atoms with Crippen LogP contribution in [0.15, 0.2) is 48.5 Å². The van der Waals surface area contributed by atoms with Gasteiger partial charge < -0.3 is 95.9 Å². The van der Waals surface area contributed by atoms with Crippen LogP contribution in [-0.2, 0) is 155 Å². The van der Waals surface area contributed by atoms with Crippen molar-refractivity contribution in [2.24, 2.45) is 0 Å². The Labute approximate surface area is 559 Å². The number of benzene rings is 2. The van der Waals surface area contributed by atoms with Crippen molar-refractivity contribution in [1.82, 2.24) is 10.6 Å². The second kappa shape index (κ2) is 37.9. The molecule has 97 heavy (non-hydrogen) atoms. The van der Waals surface area contributed by atoms with Crippen LogP contribution in [0, 0.1) is 0 Å². The van der Waals surface area contributed by atoms with Crippen LogP contribution in [-0.4, -0.2) is 220 Å². The molecule has 2 aromatic carbocycles.